The molecule has 0 spiro atoms. The maximum Gasteiger partial charge on any atom is 0.250 e. The van der Waals surface area contributed by atoms with E-state index in [1.807, 2.05) is 6.26 Å². The van der Waals surface area contributed by atoms with E-state index in [2.05, 4.69) is 15.5 Å². The first kappa shape index (κ1) is 20.9. The molecule has 0 aliphatic rings. The number of nitrogens with zero attached hydrogens (tertiary/aromatic N) is 3. The number of amides is 1. The van der Waals surface area contributed by atoms with Crippen LogP contribution in [0.4, 0.5) is 15.2 Å². The molecule has 0 aliphatic carbocycles. The van der Waals surface area contributed by atoms with Gasteiger partial charge in [0.2, 0.25) is 21.1 Å². The molecule has 0 saturated carbocycles. The highest BCUT2D eigenvalue weighted by Gasteiger charge is 2.32. The minimum absolute atomic E-state index is 0.1000. The molecule has 1 atom stereocenters. The Balaban J connectivity index is 2.37. The van der Waals surface area contributed by atoms with Gasteiger partial charge in [-0.2, -0.15) is 0 Å². The number of thioether (sulfide) groups is 1. The van der Waals surface area contributed by atoms with Crippen LogP contribution in [0.1, 0.15) is 13.3 Å². The smallest absolute Gasteiger partial charge is 0.250 e. The maximum absolute atomic E-state index is 13.4. The summed E-state index contributed by atoms with van der Waals surface area (Å²) in [6.45, 7) is 1.67. The fourth-order valence-electron chi connectivity index (χ4n) is 2.21. The lowest BCUT2D eigenvalue weighted by Gasteiger charge is -2.29. The predicted molar refractivity (Wildman–Crippen MR) is 103 cm³/mol. The third-order valence-corrected chi connectivity index (χ3v) is 6.58. The van der Waals surface area contributed by atoms with E-state index in [-0.39, 0.29) is 22.3 Å². The number of anilines is 2. The van der Waals surface area contributed by atoms with Gasteiger partial charge >= 0.3 is 0 Å². The average molecular weight is 439 g/mol. The number of carbonyl (C=O) groups excluding carboxylic acids is 1. The third kappa shape index (κ3) is 4.84. The Morgan fingerprint density at radius 1 is 1.46 bits per heavy atom. The number of hydrogen-bond acceptors (Lipinski definition) is 7. The van der Waals surface area contributed by atoms with Gasteiger partial charge in [0.25, 0.3) is 0 Å². The zero-order valence-electron chi connectivity index (χ0n) is 14.1. The molecule has 2 aromatic rings. The summed E-state index contributed by atoms with van der Waals surface area (Å²) in [6.07, 6.45) is 2.98. The molecule has 142 valence electrons. The summed E-state index contributed by atoms with van der Waals surface area (Å²) in [7, 11) is -3.84. The molecule has 0 radical (unpaired) electrons. The van der Waals surface area contributed by atoms with Crippen LogP contribution in [-0.2, 0) is 14.8 Å². The van der Waals surface area contributed by atoms with Crippen LogP contribution in [0.15, 0.2) is 22.5 Å². The molecule has 0 aliphatic heterocycles. The van der Waals surface area contributed by atoms with Gasteiger partial charge in [-0.1, -0.05) is 41.6 Å². The second kappa shape index (κ2) is 8.51. The van der Waals surface area contributed by atoms with E-state index < -0.39 is 27.8 Å². The third-order valence-electron chi connectivity index (χ3n) is 3.30. The molecule has 1 aromatic carbocycles. The zero-order valence-corrected chi connectivity index (χ0v) is 17.3. The lowest BCUT2D eigenvalue weighted by atomic mass is 10.2. The molecule has 7 nitrogen and oxygen atoms in total. The second-order valence-corrected chi connectivity index (χ2v) is 9.45. The SMILES string of the molecule is CCC(C(=O)Nc1nnc(SC)s1)N(c1ccc(F)c(Cl)c1)S(C)(=O)=O. The standard InChI is InChI=1S/C14H16ClFN4O3S3/c1-4-11(12(21)17-13-18-19-14(24-2)25-13)20(26(3,22)23)8-5-6-10(16)9(15)7-8/h5-7,11H,4H2,1-3H3,(H,17,18,21). The van der Waals surface area contributed by atoms with Crippen molar-refractivity contribution in [1.29, 1.82) is 0 Å². The minimum atomic E-state index is -3.84. The fourth-order valence-corrected chi connectivity index (χ4v) is 4.77. The normalized spacial score (nSPS) is 12.7. The van der Waals surface area contributed by atoms with E-state index in [0.717, 1.165) is 16.6 Å². The topological polar surface area (TPSA) is 92.3 Å². The molecular formula is C14H16ClFN4O3S3. The lowest BCUT2D eigenvalue weighted by Crippen LogP contribution is -2.47. The molecule has 1 N–H and O–H groups in total. The van der Waals surface area contributed by atoms with Crippen molar-refractivity contribution in [3.8, 4) is 0 Å². The van der Waals surface area contributed by atoms with Crippen LogP contribution in [-0.4, -0.2) is 43.1 Å². The molecule has 26 heavy (non-hydrogen) atoms. The number of halogens is 2. The molecular weight excluding hydrogens is 423 g/mol. The van der Waals surface area contributed by atoms with Gasteiger partial charge in [0, 0.05) is 0 Å². The van der Waals surface area contributed by atoms with Crippen LogP contribution in [0.2, 0.25) is 5.02 Å². The minimum Gasteiger partial charge on any atom is -0.299 e. The van der Waals surface area contributed by atoms with Gasteiger partial charge in [0.05, 0.1) is 17.0 Å². The van der Waals surface area contributed by atoms with Gasteiger partial charge in [-0.25, -0.2) is 12.8 Å². The van der Waals surface area contributed by atoms with Crippen LogP contribution >= 0.6 is 34.7 Å². The van der Waals surface area contributed by atoms with Gasteiger partial charge in [-0.05, 0) is 30.9 Å². The van der Waals surface area contributed by atoms with E-state index in [1.54, 1.807) is 6.92 Å². The second-order valence-electron chi connectivity index (χ2n) is 5.15. The van der Waals surface area contributed by atoms with Crippen molar-refractivity contribution in [2.45, 2.75) is 23.7 Å². The van der Waals surface area contributed by atoms with E-state index in [1.165, 1.54) is 35.2 Å². The van der Waals surface area contributed by atoms with Gasteiger partial charge in [0.1, 0.15) is 11.9 Å². The van der Waals surface area contributed by atoms with Crippen molar-refractivity contribution in [2.75, 3.05) is 22.1 Å². The molecule has 12 heteroatoms. The van der Waals surface area contributed by atoms with Crippen molar-refractivity contribution >= 4 is 61.4 Å². The summed E-state index contributed by atoms with van der Waals surface area (Å²) in [5.41, 5.74) is 0.1000. The van der Waals surface area contributed by atoms with Crippen LogP contribution in [0, 0.1) is 5.82 Å². The largest absolute Gasteiger partial charge is 0.299 e. The van der Waals surface area contributed by atoms with Crippen LogP contribution < -0.4 is 9.62 Å². The Hall–Kier alpha value is -1.43. The van der Waals surface area contributed by atoms with Gasteiger partial charge in [0.15, 0.2) is 4.34 Å². The Labute approximate surface area is 164 Å². The van der Waals surface area contributed by atoms with Crippen molar-refractivity contribution in [1.82, 2.24) is 10.2 Å². The number of aromatic nitrogens is 2. The highest BCUT2D eigenvalue weighted by Crippen LogP contribution is 2.28. The number of nitrogens with one attached hydrogen (secondary N) is 1. The Morgan fingerprint density at radius 3 is 2.65 bits per heavy atom. The summed E-state index contributed by atoms with van der Waals surface area (Å²) in [5, 5.41) is 10.3. The number of hydrogen-bond donors (Lipinski definition) is 1. The number of rotatable bonds is 7. The first-order chi connectivity index (χ1) is 12.2. The van der Waals surface area contributed by atoms with E-state index >= 15 is 0 Å². The lowest BCUT2D eigenvalue weighted by molar-refractivity contribution is -0.117. The monoisotopic (exact) mass is 438 g/mol. The molecule has 0 saturated heterocycles. The number of sulfonamides is 1. The van der Waals surface area contributed by atoms with Crippen LogP contribution in [0.3, 0.4) is 0 Å². The summed E-state index contributed by atoms with van der Waals surface area (Å²) >= 11 is 8.32. The number of benzene rings is 1. The summed E-state index contributed by atoms with van der Waals surface area (Å²) in [5.74, 6) is -1.25. The molecule has 0 bridgehead atoms. The molecule has 0 fully saturated rings. The van der Waals surface area contributed by atoms with Crippen LogP contribution in [0.5, 0.6) is 0 Å². The first-order valence-electron chi connectivity index (χ1n) is 7.30. The molecule has 2 rings (SSSR count). The Kier molecular flexibility index (Phi) is 6.83. The summed E-state index contributed by atoms with van der Waals surface area (Å²) in [6, 6.07) is 2.42. The summed E-state index contributed by atoms with van der Waals surface area (Å²) < 4.78 is 39.6. The fraction of sp³-hybridized carbons (Fsp3) is 0.357. The average Bonchev–Trinajstić information content (AvgIpc) is 3.01. The van der Waals surface area contributed by atoms with Crippen LogP contribution in [0.25, 0.3) is 0 Å². The maximum atomic E-state index is 13.4. The van der Waals surface area contributed by atoms with E-state index in [9.17, 15) is 17.6 Å². The van der Waals surface area contributed by atoms with Gasteiger partial charge in [-0.3, -0.25) is 14.4 Å². The zero-order chi connectivity index (χ0) is 19.5. The van der Waals surface area contributed by atoms with E-state index in [4.69, 9.17) is 11.6 Å². The van der Waals surface area contributed by atoms with Crippen molar-refractivity contribution in [3.05, 3.63) is 29.0 Å². The highest BCUT2D eigenvalue weighted by molar-refractivity contribution is 8.00. The number of carbonyl (C=O) groups is 1. The molecule has 1 heterocycles. The Morgan fingerprint density at radius 2 is 2.15 bits per heavy atom. The van der Waals surface area contributed by atoms with E-state index in [0.29, 0.717) is 4.34 Å². The molecule has 1 unspecified atom stereocenters. The van der Waals surface area contributed by atoms with Crippen molar-refractivity contribution in [2.24, 2.45) is 0 Å². The van der Waals surface area contributed by atoms with Gasteiger partial charge in [-0.15, -0.1) is 10.2 Å². The predicted octanol–water partition coefficient (Wildman–Crippen LogP) is 3.24. The first-order valence-corrected chi connectivity index (χ1v) is 11.6. The molecule has 1 amide bonds. The van der Waals surface area contributed by atoms with Crippen molar-refractivity contribution < 1.29 is 17.6 Å². The summed E-state index contributed by atoms with van der Waals surface area (Å²) in [4.78, 5) is 12.7. The van der Waals surface area contributed by atoms with Crippen molar-refractivity contribution in [3.63, 3.8) is 0 Å². The molecule has 1 aromatic heterocycles. The quantitative estimate of drug-likeness (QED) is 0.527. The van der Waals surface area contributed by atoms with Gasteiger partial charge < -0.3 is 0 Å². The highest BCUT2D eigenvalue weighted by atomic mass is 35.5. The Bertz CT molecular complexity index is 907.